The van der Waals surface area contributed by atoms with E-state index in [0.717, 1.165) is 6.20 Å². The monoisotopic (exact) mass is 255 g/mol. The van der Waals surface area contributed by atoms with Crippen molar-refractivity contribution in [2.45, 2.75) is 6.67 Å². The van der Waals surface area contributed by atoms with Gasteiger partial charge in [-0.25, -0.2) is 8.78 Å². The van der Waals surface area contributed by atoms with Gasteiger partial charge in [-0.1, -0.05) is 0 Å². The summed E-state index contributed by atoms with van der Waals surface area (Å²) in [5, 5.41) is 0. The standard InChI is InChI=1S/C6H4F2IN/c7-2-6-5(9)1-4(8)3-10-6/h1,3H,2H2. The van der Waals surface area contributed by atoms with Crippen molar-refractivity contribution in [3.05, 3.63) is 27.3 Å². The zero-order chi connectivity index (χ0) is 7.56. The number of rotatable bonds is 1. The van der Waals surface area contributed by atoms with Gasteiger partial charge >= 0.3 is 0 Å². The fourth-order valence-electron chi connectivity index (χ4n) is 0.541. The van der Waals surface area contributed by atoms with Gasteiger partial charge < -0.3 is 0 Å². The van der Waals surface area contributed by atoms with Crippen LogP contribution in [0.2, 0.25) is 0 Å². The molecule has 0 bridgehead atoms. The fourth-order valence-corrected chi connectivity index (χ4v) is 1.12. The Bertz CT molecular complexity index is 239. The lowest BCUT2D eigenvalue weighted by atomic mass is 10.4. The second-order valence-corrected chi connectivity index (χ2v) is 2.88. The molecule has 1 aromatic rings. The maximum Gasteiger partial charge on any atom is 0.142 e. The van der Waals surface area contributed by atoms with Gasteiger partial charge in [0.2, 0.25) is 0 Å². The van der Waals surface area contributed by atoms with Crippen molar-refractivity contribution in [3.63, 3.8) is 0 Å². The molecule has 0 radical (unpaired) electrons. The summed E-state index contributed by atoms with van der Waals surface area (Å²) in [5.41, 5.74) is 0.294. The third kappa shape index (κ3) is 1.62. The molecule has 0 aliphatic rings. The largest absolute Gasteiger partial charge is 0.254 e. The lowest BCUT2D eigenvalue weighted by Crippen LogP contribution is -1.91. The second-order valence-electron chi connectivity index (χ2n) is 1.72. The molecule has 1 heterocycles. The lowest BCUT2D eigenvalue weighted by molar-refractivity contribution is 0.472. The summed E-state index contributed by atoms with van der Waals surface area (Å²) in [6.45, 7) is -0.640. The Balaban J connectivity index is 3.07. The molecular weight excluding hydrogens is 251 g/mol. The predicted octanol–water partition coefficient (Wildman–Crippen LogP) is 2.29. The fraction of sp³-hybridized carbons (Fsp3) is 0.167. The van der Waals surface area contributed by atoms with Gasteiger partial charge in [-0.3, -0.25) is 4.98 Å². The quantitative estimate of drug-likeness (QED) is 0.701. The van der Waals surface area contributed by atoms with E-state index in [4.69, 9.17) is 0 Å². The first kappa shape index (κ1) is 7.84. The van der Waals surface area contributed by atoms with Crippen LogP contribution in [-0.2, 0) is 6.67 Å². The van der Waals surface area contributed by atoms with Gasteiger partial charge in [0.15, 0.2) is 0 Å². The number of nitrogens with zero attached hydrogens (tertiary/aromatic N) is 1. The average molecular weight is 255 g/mol. The Labute approximate surface area is 70.6 Å². The number of halogens is 3. The Hall–Kier alpha value is -0.260. The molecule has 0 unspecified atom stereocenters. The van der Waals surface area contributed by atoms with E-state index in [2.05, 4.69) is 4.98 Å². The number of aromatic nitrogens is 1. The molecule has 0 fully saturated rings. The second kappa shape index (κ2) is 3.23. The van der Waals surface area contributed by atoms with Crippen LogP contribution in [0.3, 0.4) is 0 Å². The molecule has 1 rings (SSSR count). The van der Waals surface area contributed by atoms with Crippen LogP contribution in [0, 0.1) is 9.39 Å². The van der Waals surface area contributed by atoms with Gasteiger partial charge in [0.25, 0.3) is 0 Å². The minimum absolute atomic E-state index is 0.294. The maximum atomic E-state index is 12.3. The molecule has 1 aromatic heterocycles. The number of pyridine rings is 1. The van der Waals surface area contributed by atoms with Crippen LogP contribution in [-0.4, -0.2) is 4.98 Å². The van der Waals surface area contributed by atoms with Crippen molar-refractivity contribution < 1.29 is 8.78 Å². The van der Waals surface area contributed by atoms with E-state index < -0.39 is 12.5 Å². The summed E-state index contributed by atoms with van der Waals surface area (Å²) in [5.74, 6) is -0.429. The first-order valence-electron chi connectivity index (χ1n) is 2.60. The zero-order valence-electron chi connectivity index (χ0n) is 4.94. The Morgan fingerprint density at radius 1 is 1.60 bits per heavy atom. The van der Waals surface area contributed by atoms with Crippen molar-refractivity contribution in [3.8, 4) is 0 Å². The van der Waals surface area contributed by atoms with E-state index in [1.165, 1.54) is 6.07 Å². The molecule has 0 spiro atoms. The predicted molar refractivity (Wildman–Crippen MR) is 41.7 cm³/mol. The molecule has 0 amide bonds. The summed E-state index contributed by atoms with van der Waals surface area (Å²) in [6, 6.07) is 1.25. The SMILES string of the molecule is FCc1ncc(F)cc1I. The third-order valence-corrected chi connectivity index (χ3v) is 1.94. The highest BCUT2D eigenvalue weighted by molar-refractivity contribution is 14.1. The molecule has 0 aromatic carbocycles. The van der Waals surface area contributed by atoms with E-state index in [0.29, 0.717) is 9.26 Å². The molecule has 0 atom stereocenters. The molecule has 0 saturated heterocycles. The molecule has 4 heteroatoms. The first-order chi connectivity index (χ1) is 4.74. The smallest absolute Gasteiger partial charge is 0.142 e. The van der Waals surface area contributed by atoms with Crippen molar-refractivity contribution in [2.24, 2.45) is 0 Å². The van der Waals surface area contributed by atoms with Gasteiger partial charge in [-0.15, -0.1) is 0 Å². The van der Waals surface area contributed by atoms with Gasteiger partial charge in [-0.2, -0.15) is 0 Å². The normalized spacial score (nSPS) is 9.90. The number of alkyl halides is 1. The highest BCUT2D eigenvalue weighted by Gasteiger charge is 2.00. The summed E-state index contributed by atoms with van der Waals surface area (Å²) >= 11 is 1.84. The molecule has 1 nitrogen and oxygen atoms in total. The lowest BCUT2D eigenvalue weighted by Gasteiger charge is -1.95. The molecule has 0 saturated carbocycles. The summed E-state index contributed by atoms with van der Waals surface area (Å²) in [4.78, 5) is 3.54. The van der Waals surface area contributed by atoms with Gasteiger partial charge in [0.1, 0.15) is 12.5 Å². The topological polar surface area (TPSA) is 12.9 Å². The zero-order valence-corrected chi connectivity index (χ0v) is 7.10. The van der Waals surface area contributed by atoms with Gasteiger partial charge in [0, 0.05) is 3.57 Å². The van der Waals surface area contributed by atoms with Gasteiger partial charge in [0.05, 0.1) is 11.9 Å². The van der Waals surface area contributed by atoms with Crippen LogP contribution in [0.25, 0.3) is 0 Å². The van der Waals surface area contributed by atoms with Crippen LogP contribution in [0.1, 0.15) is 5.69 Å². The highest BCUT2D eigenvalue weighted by Crippen LogP contribution is 2.11. The summed E-state index contributed by atoms with van der Waals surface area (Å²) in [6.07, 6.45) is 1.01. The third-order valence-electron chi connectivity index (χ3n) is 1.01. The number of hydrogen-bond acceptors (Lipinski definition) is 1. The Kier molecular flexibility index (Phi) is 2.53. The maximum absolute atomic E-state index is 12.3. The molecule has 10 heavy (non-hydrogen) atoms. The van der Waals surface area contributed by atoms with E-state index >= 15 is 0 Å². The van der Waals surface area contributed by atoms with E-state index in [9.17, 15) is 8.78 Å². The molecule has 0 N–H and O–H groups in total. The Morgan fingerprint density at radius 3 is 2.80 bits per heavy atom. The average Bonchev–Trinajstić information content (AvgIpc) is 1.88. The van der Waals surface area contributed by atoms with Crippen LogP contribution in [0.4, 0.5) is 8.78 Å². The molecular formula is C6H4F2IN. The van der Waals surface area contributed by atoms with Crippen LogP contribution in [0.5, 0.6) is 0 Å². The van der Waals surface area contributed by atoms with Crippen molar-refractivity contribution in [1.82, 2.24) is 4.98 Å². The highest BCUT2D eigenvalue weighted by atomic mass is 127. The van der Waals surface area contributed by atoms with Crippen molar-refractivity contribution >= 4 is 22.6 Å². The van der Waals surface area contributed by atoms with Crippen molar-refractivity contribution in [2.75, 3.05) is 0 Å². The first-order valence-corrected chi connectivity index (χ1v) is 3.68. The van der Waals surface area contributed by atoms with Crippen LogP contribution >= 0.6 is 22.6 Å². The summed E-state index contributed by atoms with van der Waals surface area (Å²) in [7, 11) is 0. The minimum atomic E-state index is -0.640. The summed E-state index contributed by atoms with van der Waals surface area (Å²) < 4.78 is 24.8. The Morgan fingerprint density at radius 2 is 2.30 bits per heavy atom. The van der Waals surface area contributed by atoms with Crippen LogP contribution < -0.4 is 0 Å². The number of hydrogen-bond donors (Lipinski definition) is 0. The van der Waals surface area contributed by atoms with E-state index in [1.807, 2.05) is 22.6 Å². The van der Waals surface area contributed by atoms with E-state index in [-0.39, 0.29) is 0 Å². The van der Waals surface area contributed by atoms with E-state index in [1.54, 1.807) is 0 Å². The minimum Gasteiger partial charge on any atom is -0.254 e. The molecule has 54 valence electrons. The van der Waals surface area contributed by atoms with Crippen molar-refractivity contribution in [1.29, 1.82) is 0 Å². The van der Waals surface area contributed by atoms with Gasteiger partial charge in [-0.05, 0) is 28.7 Å². The molecule has 0 aliphatic carbocycles. The van der Waals surface area contributed by atoms with Crippen LogP contribution in [0.15, 0.2) is 12.3 Å². The molecule has 0 aliphatic heterocycles.